The molecule has 2 saturated heterocycles. The van der Waals surface area contributed by atoms with Crippen LogP contribution in [0.25, 0.3) is 0 Å². The quantitative estimate of drug-likeness (QED) is 0.514. The summed E-state index contributed by atoms with van der Waals surface area (Å²) in [5.74, 6) is -1.78. The Kier molecular flexibility index (Phi) is 5.83. The normalized spacial score (nSPS) is 21.8. The second-order valence-electron chi connectivity index (χ2n) is 8.71. The number of nitrogens with zero attached hydrogens (tertiary/aromatic N) is 2. The van der Waals surface area contributed by atoms with Gasteiger partial charge in [-0.1, -0.05) is 65.3 Å². The predicted octanol–water partition coefficient (Wildman–Crippen LogP) is 4.58. The number of benzene rings is 3. The summed E-state index contributed by atoms with van der Waals surface area (Å²) in [7, 11) is 0. The average Bonchev–Trinajstić information content (AvgIpc) is 3.35. The molecule has 2 aliphatic rings. The molecule has 3 amide bonds. The van der Waals surface area contributed by atoms with Crippen LogP contribution in [0.2, 0.25) is 0 Å². The lowest BCUT2D eigenvalue weighted by Crippen LogP contribution is -2.48. The van der Waals surface area contributed by atoms with Crippen LogP contribution in [0.3, 0.4) is 0 Å². The number of carbonyl (C=O) groups excluding carboxylic acids is 3. The number of hydrazine groups is 1. The van der Waals surface area contributed by atoms with Crippen molar-refractivity contribution < 1.29 is 14.4 Å². The molecule has 0 saturated carbocycles. The van der Waals surface area contributed by atoms with E-state index in [0.29, 0.717) is 11.3 Å². The van der Waals surface area contributed by atoms with Crippen molar-refractivity contribution >= 4 is 39.3 Å². The Hall–Kier alpha value is -3.29. The Bertz CT molecular complexity index is 1290. The van der Waals surface area contributed by atoms with E-state index in [1.807, 2.05) is 55.5 Å². The fourth-order valence-corrected chi connectivity index (χ4v) is 5.19. The molecule has 2 heterocycles. The van der Waals surface area contributed by atoms with Crippen LogP contribution in [-0.2, 0) is 16.0 Å². The first-order valence-electron chi connectivity index (χ1n) is 11.3. The van der Waals surface area contributed by atoms with E-state index in [1.165, 1.54) is 15.5 Å². The van der Waals surface area contributed by atoms with Crippen molar-refractivity contribution in [3.05, 3.63) is 99.5 Å². The van der Waals surface area contributed by atoms with Crippen LogP contribution in [0.1, 0.15) is 40.0 Å². The molecule has 5 rings (SSSR count). The SMILES string of the molecule is CCc1ccc([C@@H]2NN(C(=O)c3cccc(Br)c3)[C@H]3C(=O)N(c4cccc(C)c4)C(=O)[C@@H]23)cc1. The third kappa shape index (κ3) is 3.75. The average molecular weight is 518 g/mol. The molecule has 0 radical (unpaired) electrons. The Morgan fingerprint density at radius 1 is 0.971 bits per heavy atom. The number of nitrogens with one attached hydrogen (secondary N) is 1. The maximum Gasteiger partial charge on any atom is 0.268 e. The van der Waals surface area contributed by atoms with Crippen molar-refractivity contribution in [1.29, 1.82) is 0 Å². The summed E-state index contributed by atoms with van der Waals surface area (Å²) in [5.41, 5.74) is 7.15. The summed E-state index contributed by atoms with van der Waals surface area (Å²) in [6.45, 7) is 3.99. The molecular formula is C27H24BrN3O3. The highest BCUT2D eigenvalue weighted by Crippen LogP contribution is 2.42. The van der Waals surface area contributed by atoms with E-state index in [0.717, 1.165) is 22.0 Å². The molecule has 0 aliphatic carbocycles. The molecule has 2 fully saturated rings. The van der Waals surface area contributed by atoms with Gasteiger partial charge in [0.25, 0.3) is 11.8 Å². The van der Waals surface area contributed by atoms with Crippen LogP contribution >= 0.6 is 15.9 Å². The van der Waals surface area contributed by atoms with Gasteiger partial charge in [0.1, 0.15) is 6.04 Å². The topological polar surface area (TPSA) is 69.7 Å². The number of hydrogen-bond donors (Lipinski definition) is 1. The second-order valence-corrected chi connectivity index (χ2v) is 9.62. The molecular weight excluding hydrogens is 494 g/mol. The molecule has 172 valence electrons. The summed E-state index contributed by atoms with van der Waals surface area (Å²) in [4.78, 5) is 42.1. The maximum absolute atomic E-state index is 13.7. The minimum absolute atomic E-state index is 0.304. The van der Waals surface area contributed by atoms with Gasteiger partial charge in [0.15, 0.2) is 0 Å². The Morgan fingerprint density at radius 3 is 2.38 bits per heavy atom. The molecule has 6 nitrogen and oxygen atoms in total. The van der Waals surface area contributed by atoms with Crippen LogP contribution in [0.4, 0.5) is 5.69 Å². The number of anilines is 1. The van der Waals surface area contributed by atoms with Gasteiger partial charge in [0.05, 0.1) is 17.6 Å². The number of carbonyl (C=O) groups is 3. The number of rotatable bonds is 4. The van der Waals surface area contributed by atoms with E-state index in [2.05, 4.69) is 28.3 Å². The fourth-order valence-electron chi connectivity index (χ4n) is 4.79. The standard InChI is InChI=1S/C27H24BrN3O3/c1-3-17-10-12-18(13-11-17)23-22-24(31(29-23)25(32)19-7-5-8-20(28)15-19)27(34)30(26(22)33)21-9-4-6-16(2)14-21/h4-15,22-24,29H,3H2,1-2H3/t22-,23-,24+/m0/s1. The maximum atomic E-state index is 13.7. The highest BCUT2D eigenvalue weighted by molar-refractivity contribution is 9.10. The lowest BCUT2D eigenvalue weighted by molar-refractivity contribution is -0.123. The Balaban J connectivity index is 1.58. The van der Waals surface area contributed by atoms with Gasteiger partial charge in [0.2, 0.25) is 5.91 Å². The summed E-state index contributed by atoms with van der Waals surface area (Å²) >= 11 is 3.41. The van der Waals surface area contributed by atoms with Gasteiger partial charge in [-0.2, -0.15) is 0 Å². The van der Waals surface area contributed by atoms with Gasteiger partial charge >= 0.3 is 0 Å². The summed E-state index contributed by atoms with van der Waals surface area (Å²) < 4.78 is 0.760. The largest absolute Gasteiger partial charge is 0.274 e. The zero-order chi connectivity index (χ0) is 24.0. The van der Waals surface area contributed by atoms with Crippen molar-refractivity contribution in [3.63, 3.8) is 0 Å². The first-order chi connectivity index (χ1) is 16.4. The van der Waals surface area contributed by atoms with Crippen molar-refractivity contribution in [2.45, 2.75) is 32.4 Å². The van der Waals surface area contributed by atoms with Crippen molar-refractivity contribution in [1.82, 2.24) is 10.4 Å². The highest BCUT2D eigenvalue weighted by atomic mass is 79.9. The molecule has 1 N–H and O–H groups in total. The molecule has 34 heavy (non-hydrogen) atoms. The first kappa shape index (κ1) is 22.5. The van der Waals surface area contributed by atoms with Gasteiger partial charge in [-0.25, -0.2) is 10.3 Å². The van der Waals surface area contributed by atoms with Gasteiger partial charge in [-0.3, -0.25) is 19.4 Å². The van der Waals surface area contributed by atoms with Crippen molar-refractivity contribution in [3.8, 4) is 0 Å². The van der Waals surface area contributed by atoms with Gasteiger partial charge in [-0.15, -0.1) is 0 Å². The molecule has 7 heteroatoms. The van der Waals surface area contributed by atoms with E-state index < -0.39 is 23.9 Å². The van der Waals surface area contributed by atoms with E-state index >= 15 is 0 Å². The minimum atomic E-state index is -0.935. The Labute approximate surface area is 206 Å². The molecule has 3 aromatic carbocycles. The number of fused-ring (bicyclic) bond motifs is 1. The van der Waals surface area contributed by atoms with Crippen LogP contribution in [0.15, 0.2) is 77.3 Å². The lowest BCUT2D eigenvalue weighted by Gasteiger charge is -2.25. The third-order valence-corrected chi connectivity index (χ3v) is 7.03. The zero-order valence-electron chi connectivity index (χ0n) is 18.9. The molecule has 2 aliphatic heterocycles. The van der Waals surface area contributed by atoms with E-state index in [9.17, 15) is 14.4 Å². The van der Waals surface area contributed by atoms with Gasteiger partial charge in [0, 0.05) is 10.0 Å². The smallest absolute Gasteiger partial charge is 0.268 e. The number of halogens is 1. The minimum Gasteiger partial charge on any atom is -0.274 e. The predicted molar refractivity (Wildman–Crippen MR) is 133 cm³/mol. The van der Waals surface area contributed by atoms with Crippen molar-refractivity contribution in [2.24, 2.45) is 5.92 Å². The summed E-state index contributed by atoms with van der Waals surface area (Å²) in [6, 6.07) is 20.9. The monoisotopic (exact) mass is 517 g/mol. The molecule has 0 unspecified atom stereocenters. The molecule has 0 bridgehead atoms. The second kappa shape index (κ2) is 8.81. The van der Waals surface area contributed by atoms with Crippen LogP contribution in [0, 0.1) is 12.8 Å². The fraction of sp³-hybridized carbons (Fsp3) is 0.222. The molecule has 3 aromatic rings. The van der Waals surface area contributed by atoms with Crippen LogP contribution < -0.4 is 10.3 Å². The van der Waals surface area contributed by atoms with Crippen LogP contribution in [-0.4, -0.2) is 28.8 Å². The van der Waals surface area contributed by atoms with Gasteiger partial charge in [-0.05, 0) is 60.4 Å². The number of aryl methyl sites for hydroxylation is 2. The molecule has 3 atom stereocenters. The van der Waals surface area contributed by atoms with E-state index in [1.54, 1.807) is 24.3 Å². The number of amides is 3. The Morgan fingerprint density at radius 2 is 1.71 bits per heavy atom. The van der Waals surface area contributed by atoms with E-state index in [4.69, 9.17) is 0 Å². The molecule has 0 aromatic heterocycles. The molecule has 0 spiro atoms. The highest BCUT2D eigenvalue weighted by Gasteiger charge is 2.60. The first-order valence-corrected chi connectivity index (χ1v) is 12.1. The lowest BCUT2D eigenvalue weighted by atomic mass is 9.90. The summed E-state index contributed by atoms with van der Waals surface area (Å²) in [5, 5.41) is 1.35. The third-order valence-electron chi connectivity index (χ3n) is 6.53. The number of hydrogen-bond acceptors (Lipinski definition) is 4. The number of imide groups is 1. The van der Waals surface area contributed by atoms with Crippen molar-refractivity contribution in [2.75, 3.05) is 4.90 Å². The van der Waals surface area contributed by atoms with Crippen LogP contribution in [0.5, 0.6) is 0 Å². The zero-order valence-corrected chi connectivity index (χ0v) is 20.5. The van der Waals surface area contributed by atoms with E-state index in [-0.39, 0.29) is 11.8 Å². The summed E-state index contributed by atoms with van der Waals surface area (Å²) in [6.07, 6.45) is 0.899. The van der Waals surface area contributed by atoms with Gasteiger partial charge < -0.3 is 0 Å².